The highest BCUT2D eigenvalue weighted by Gasteiger charge is 2.40. The molecule has 16 heavy (non-hydrogen) atoms. The van der Waals surface area contributed by atoms with E-state index in [1.54, 1.807) is 0 Å². The molecule has 0 saturated heterocycles. The molecule has 2 heteroatoms. The Balaban J connectivity index is 2.74. The second-order valence-electron chi connectivity index (χ2n) is 5.49. The molecule has 0 aromatic rings. The monoisotopic (exact) mass is 226 g/mol. The van der Waals surface area contributed by atoms with Crippen molar-refractivity contribution in [3.63, 3.8) is 0 Å². The number of nitrogens with zero attached hydrogens (tertiary/aromatic N) is 1. The quantitative estimate of drug-likeness (QED) is 0.684. The Morgan fingerprint density at radius 3 is 2.06 bits per heavy atom. The van der Waals surface area contributed by atoms with E-state index in [4.69, 9.17) is 0 Å². The average molecular weight is 226 g/mol. The molecule has 1 fully saturated rings. The van der Waals surface area contributed by atoms with Crippen molar-refractivity contribution >= 4 is 0 Å². The van der Waals surface area contributed by atoms with Crippen LogP contribution in [0.15, 0.2) is 0 Å². The molecule has 0 radical (unpaired) electrons. The molecule has 0 aromatic heterocycles. The summed E-state index contributed by atoms with van der Waals surface area (Å²) in [6.07, 6.45) is 6.76. The highest BCUT2D eigenvalue weighted by molar-refractivity contribution is 4.99. The number of hydrogen-bond acceptors (Lipinski definition) is 2. The summed E-state index contributed by atoms with van der Waals surface area (Å²) in [5, 5.41) is 3.74. The fourth-order valence-electron chi connectivity index (χ4n) is 3.11. The molecule has 2 nitrogen and oxygen atoms in total. The van der Waals surface area contributed by atoms with Crippen molar-refractivity contribution in [1.82, 2.24) is 10.2 Å². The zero-order valence-corrected chi connectivity index (χ0v) is 11.8. The molecule has 1 N–H and O–H groups in total. The molecule has 96 valence electrons. The van der Waals surface area contributed by atoms with Gasteiger partial charge in [-0.15, -0.1) is 0 Å². The van der Waals surface area contributed by atoms with E-state index in [1.807, 2.05) is 0 Å². The summed E-state index contributed by atoms with van der Waals surface area (Å²) in [5.41, 5.74) is 0.346. The van der Waals surface area contributed by atoms with Crippen LogP contribution < -0.4 is 5.32 Å². The largest absolute Gasteiger partial charge is 0.312 e. The van der Waals surface area contributed by atoms with Gasteiger partial charge in [0.1, 0.15) is 0 Å². The van der Waals surface area contributed by atoms with E-state index < -0.39 is 0 Å². The van der Waals surface area contributed by atoms with Gasteiger partial charge >= 0.3 is 0 Å². The first-order valence-corrected chi connectivity index (χ1v) is 7.01. The van der Waals surface area contributed by atoms with Crippen molar-refractivity contribution in [2.75, 3.05) is 20.6 Å². The summed E-state index contributed by atoms with van der Waals surface area (Å²) in [6, 6.07) is 0.662. The van der Waals surface area contributed by atoms with Gasteiger partial charge in [0, 0.05) is 11.6 Å². The van der Waals surface area contributed by atoms with E-state index in [0.29, 0.717) is 11.6 Å². The van der Waals surface area contributed by atoms with Gasteiger partial charge in [-0.2, -0.15) is 0 Å². The predicted molar refractivity (Wildman–Crippen MR) is 71.8 cm³/mol. The number of hydrogen-bond donors (Lipinski definition) is 1. The predicted octanol–water partition coefficient (Wildman–Crippen LogP) is 2.89. The highest BCUT2D eigenvalue weighted by atomic mass is 15.2. The Morgan fingerprint density at radius 2 is 1.75 bits per heavy atom. The molecule has 1 unspecified atom stereocenters. The Bertz CT molecular complexity index is 193. The lowest BCUT2D eigenvalue weighted by atomic mass is 9.80. The fraction of sp³-hybridized carbons (Fsp3) is 1.00. The Hall–Kier alpha value is -0.0800. The van der Waals surface area contributed by atoms with Gasteiger partial charge in [-0.3, -0.25) is 0 Å². The molecule has 0 aliphatic heterocycles. The Morgan fingerprint density at radius 1 is 1.19 bits per heavy atom. The smallest absolute Gasteiger partial charge is 0.0351 e. The van der Waals surface area contributed by atoms with E-state index >= 15 is 0 Å². The first kappa shape index (κ1) is 14.0. The molecule has 0 aromatic carbocycles. The normalized spacial score (nSPS) is 19.1. The highest BCUT2D eigenvalue weighted by Crippen LogP contribution is 2.38. The number of rotatable bonds is 8. The zero-order chi connectivity index (χ0) is 12.2. The van der Waals surface area contributed by atoms with Crippen molar-refractivity contribution in [1.29, 1.82) is 0 Å². The lowest BCUT2D eigenvalue weighted by Crippen LogP contribution is -2.58. The first-order valence-electron chi connectivity index (χ1n) is 7.01. The van der Waals surface area contributed by atoms with Gasteiger partial charge in [-0.25, -0.2) is 0 Å². The molecule has 1 saturated carbocycles. The van der Waals surface area contributed by atoms with Crippen molar-refractivity contribution in [2.45, 2.75) is 64.5 Å². The van der Waals surface area contributed by atoms with Crippen LogP contribution in [0.5, 0.6) is 0 Å². The van der Waals surface area contributed by atoms with Gasteiger partial charge in [0.25, 0.3) is 0 Å². The van der Waals surface area contributed by atoms with E-state index in [-0.39, 0.29) is 0 Å². The van der Waals surface area contributed by atoms with Gasteiger partial charge < -0.3 is 10.2 Å². The van der Waals surface area contributed by atoms with Gasteiger partial charge in [0.05, 0.1) is 0 Å². The topological polar surface area (TPSA) is 15.3 Å². The minimum Gasteiger partial charge on any atom is -0.312 e. The van der Waals surface area contributed by atoms with Crippen LogP contribution in [0.3, 0.4) is 0 Å². The Kier molecular flexibility index (Phi) is 5.26. The van der Waals surface area contributed by atoms with Crippen LogP contribution >= 0.6 is 0 Å². The van der Waals surface area contributed by atoms with E-state index in [9.17, 15) is 0 Å². The maximum Gasteiger partial charge on any atom is 0.0351 e. The standard InChI is InChI=1S/C14H30N2/c1-6-14(7-2,16(4)5)13(15-8-3)11-12-9-10-12/h12-13,15H,6-11H2,1-5H3. The average Bonchev–Trinajstić information content (AvgIpc) is 3.04. The minimum absolute atomic E-state index is 0.346. The molecule has 1 aliphatic carbocycles. The van der Waals surface area contributed by atoms with Crippen molar-refractivity contribution in [2.24, 2.45) is 5.92 Å². The molecule has 1 atom stereocenters. The maximum atomic E-state index is 3.74. The Labute approximate surface area is 102 Å². The molecule has 0 heterocycles. The van der Waals surface area contributed by atoms with Crippen LogP contribution in [0, 0.1) is 5.92 Å². The molecular formula is C14H30N2. The van der Waals surface area contributed by atoms with E-state index in [1.165, 1.54) is 32.1 Å². The third kappa shape index (κ3) is 2.98. The second-order valence-corrected chi connectivity index (χ2v) is 5.49. The molecule has 1 rings (SSSR count). The van der Waals surface area contributed by atoms with E-state index in [2.05, 4.69) is 45.1 Å². The zero-order valence-electron chi connectivity index (χ0n) is 11.8. The summed E-state index contributed by atoms with van der Waals surface area (Å²) < 4.78 is 0. The lowest BCUT2D eigenvalue weighted by molar-refractivity contribution is 0.0822. The molecular weight excluding hydrogens is 196 g/mol. The summed E-state index contributed by atoms with van der Waals surface area (Å²) in [5.74, 6) is 1.00. The third-order valence-corrected chi connectivity index (χ3v) is 4.48. The molecule has 0 spiro atoms. The van der Waals surface area contributed by atoms with E-state index in [0.717, 1.165) is 12.5 Å². The minimum atomic E-state index is 0.346. The second kappa shape index (κ2) is 6.02. The van der Waals surface area contributed by atoms with Crippen LogP contribution in [0.25, 0.3) is 0 Å². The van der Waals surface area contributed by atoms with Gasteiger partial charge in [-0.05, 0) is 45.8 Å². The van der Waals surface area contributed by atoms with Crippen LogP contribution in [0.2, 0.25) is 0 Å². The summed E-state index contributed by atoms with van der Waals surface area (Å²) >= 11 is 0. The number of nitrogens with one attached hydrogen (secondary N) is 1. The number of likely N-dealkylation sites (N-methyl/N-ethyl adjacent to an activating group) is 2. The molecule has 1 aliphatic rings. The van der Waals surface area contributed by atoms with Gasteiger partial charge in [0.2, 0.25) is 0 Å². The van der Waals surface area contributed by atoms with Crippen LogP contribution in [0.1, 0.15) is 52.9 Å². The summed E-state index contributed by atoms with van der Waals surface area (Å²) in [4.78, 5) is 2.45. The molecule has 0 bridgehead atoms. The van der Waals surface area contributed by atoms with Crippen molar-refractivity contribution < 1.29 is 0 Å². The van der Waals surface area contributed by atoms with Crippen LogP contribution in [-0.2, 0) is 0 Å². The molecule has 0 amide bonds. The van der Waals surface area contributed by atoms with Crippen molar-refractivity contribution in [3.05, 3.63) is 0 Å². The third-order valence-electron chi connectivity index (χ3n) is 4.48. The van der Waals surface area contributed by atoms with Crippen LogP contribution in [0.4, 0.5) is 0 Å². The SMILES string of the molecule is CCNC(CC1CC1)C(CC)(CC)N(C)C. The van der Waals surface area contributed by atoms with Gasteiger partial charge in [0.15, 0.2) is 0 Å². The lowest BCUT2D eigenvalue weighted by Gasteiger charge is -2.46. The van der Waals surface area contributed by atoms with Crippen molar-refractivity contribution in [3.8, 4) is 0 Å². The summed E-state index contributed by atoms with van der Waals surface area (Å²) in [6.45, 7) is 7.99. The van der Waals surface area contributed by atoms with Crippen LogP contribution in [-0.4, -0.2) is 37.1 Å². The summed E-state index contributed by atoms with van der Waals surface area (Å²) in [7, 11) is 4.48. The van der Waals surface area contributed by atoms with Gasteiger partial charge in [-0.1, -0.05) is 33.6 Å². The maximum absolute atomic E-state index is 3.74. The first-order chi connectivity index (χ1) is 7.60. The fourth-order valence-corrected chi connectivity index (χ4v) is 3.11.